The fourth-order valence-electron chi connectivity index (χ4n) is 2.08. The molecule has 1 N–H and O–H groups in total. The molecule has 0 amide bonds. The second-order valence-corrected chi connectivity index (χ2v) is 4.63. The number of anilines is 1. The summed E-state index contributed by atoms with van der Waals surface area (Å²) < 4.78 is 0. The van der Waals surface area contributed by atoms with Crippen molar-refractivity contribution in [3.8, 4) is 0 Å². The zero-order valence-electron chi connectivity index (χ0n) is 9.66. The summed E-state index contributed by atoms with van der Waals surface area (Å²) in [5, 5.41) is 3.62. The predicted molar refractivity (Wildman–Crippen MR) is 64.0 cm³/mol. The van der Waals surface area contributed by atoms with E-state index in [0.717, 1.165) is 5.92 Å². The van der Waals surface area contributed by atoms with Crippen LogP contribution in [0.5, 0.6) is 0 Å². The summed E-state index contributed by atoms with van der Waals surface area (Å²) in [7, 11) is 0. The number of nitrogens with one attached hydrogen (secondary N) is 1. The highest BCUT2D eigenvalue weighted by molar-refractivity contribution is 5.43. The van der Waals surface area contributed by atoms with Crippen LogP contribution in [0, 0.1) is 12.8 Å². The molecule has 15 heavy (non-hydrogen) atoms. The lowest BCUT2D eigenvalue weighted by molar-refractivity contribution is 0.577. The zero-order valence-corrected chi connectivity index (χ0v) is 9.66. The summed E-state index contributed by atoms with van der Waals surface area (Å²) in [4.78, 5) is 4.21. The highest BCUT2D eigenvalue weighted by Crippen LogP contribution is 2.36. The van der Waals surface area contributed by atoms with E-state index in [1.54, 1.807) is 0 Å². The normalized spacial score (nSPS) is 17.5. The molecule has 1 aliphatic rings. The van der Waals surface area contributed by atoms with Gasteiger partial charge < -0.3 is 5.32 Å². The van der Waals surface area contributed by atoms with Crippen LogP contribution in [0.2, 0.25) is 0 Å². The summed E-state index contributed by atoms with van der Waals surface area (Å²) in [5.74, 6) is 0.908. The van der Waals surface area contributed by atoms with E-state index in [9.17, 15) is 0 Å². The number of aryl methyl sites for hydroxylation is 1. The van der Waals surface area contributed by atoms with Crippen LogP contribution in [0.1, 0.15) is 38.2 Å². The van der Waals surface area contributed by atoms with Crippen LogP contribution in [0.15, 0.2) is 18.5 Å². The Labute approximate surface area is 92.1 Å². The Kier molecular flexibility index (Phi) is 3.24. The lowest BCUT2D eigenvalue weighted by Gasteiger charge is -2.18. The van der Waals surface area contributed by atoms with Gasteiger partial charge in [0.15, 0.2) is 0 Å². The van der Waals surface area contributed by atoms with E-state index in [2.05, 4.69) is 30.2 Å². The lowest BCUT2D eigenvalue weighted by atomic mass is 10.1. The largest absolute Gasteiger partial charge is 0.381 e. The van der Waals surface area contributed by atoms with Gasteiger partial charge in [0.2, 0.25) is 0 Å². The highest BCUT2D eigenvalue weighted by atomic mass is 14.9. The van der Waals surface area contributed by atoms with Crippen molar-refractivity contribution in [3.05, 3.63) is 24.0 Å². The molecule has 0 saturated heterocycles. The molecule has 1 atom stereocenters. The SMILES string of the molecule is CCCC(Nc1cncc(C)c1)C1CC1. The minimum absolute atomic E-state index is 0.665. The molecule has 1 fully saturated rings. The first kappa shape index (κ1) is 10.5. The number of rotatable bonds is 5. The molecule has 2 heteroatoms. The van der Waals surface area contributed by atoms with Crippen molar-refractivity contribution in [2.45, 2.75) is 45.6 Å². The number of nitrogens with zero attached hydrogens (tertiary/aromatic N) is 1. The maximum atomic E-state index is 4.21. The topological polar surface area (TPSA) is 24.9 Å². The molecule has 82 valence electrons. The van der Waals surface area contributed by atoms with E-state index >= 15 is 0 Å². The second-order valence-electron chi connectivity index (χ2n) is 4.63. The number of pyridine rings is 1. The molecule has 0 aliphatic heterocycles. The van der Waals surface area contributed by atoms with Gasteiger partial charge in [0.25, 0.3) is 0 Å². The molecule has 2 nitrogen and oxygen atoms in total. The van der Waals surface area contributed by atoms with Crippen LogP contribution < -0.4 is 5.32 Å². The Morgan fingerprint density at radius 3 is 2.87 bits per heavy atom. The van der Waals surface area contributed by atoms with E-state index in [-0.39, 0.29) is 0 Å². The number of hydrogen-bond donors (Lipinski definition) is 1. The van der Waals surface area contributed by atoms with Crippen molar-refractivity contribution in [2.24, 2.45) is 5.92 Å². The molecular formula is C13H20N2. The molecule has 0 bridgehead atoms. The first-order valence-corrected chi connectivity index (χ1v) is 5.97. The van der Waals surface area contributed by atoms with Crippen LogP contribution >= 0.6 is 0 Å². The molecule has 2 rings (SSSR count). The molecular weight excluding hydrogens is 184 g/mol. The molecule has 1 aromatic heterocycles. The predicted octanol–water partition coefficient (Wildman–Crippen LogP) is 3.38. The van der Waals surface area contributed by atoms with Gasteiger partial charge in [0.1, 0.15) is 0 Å². The Bertz CT molecular complexity index is 318. The molecule has 1 aromatic rings. The lowest BCUT2D eigenvalue weighted by Crippen LogP contribution is -2.21. The average Bonchev–Trinajstić information content (AvgIpc) is 3.00. The number of hydrogen-bond acceptors (Lipinski definition) is 2. The van der Waals surface area contributed by atoms with Crippen molar-refractivity contribution < 1.29 is 0 Å². The second kappa shape index (κ2) is 4.65. The summed E-state index contributed by atoms with van der Waals surface area (Å²) in [6.07, 6.45) is 9.16. The van der Waals surface area contributed by atoms with Gasteiger partial charge in [-0.25, -0.2) is 0 Å². The third-order valence-corrected chi connectivity index (χ3v) is 3.02. The minimum Gasteiger partial charge on any atom is -0.381 e. The zero-order chi connectivity index (χ0) is 10.7. The van der Waals surface area contributed by atoms with Crippen molar-refractivity contribution in [1.29, 1.82) is 0 Å². The van der Waals surface area contributed by atoms with E-state index in [0.29, 0.717) is 6.04 Å². The first-order valence-electron chi connectivity index (χ1n) is 5.97. The van der Waals surface area contributed by atoms with Crippen LogP contribution in [0.25, 0.3) is 0 Å². The fraction of sp³-hybridized carbons (Fsp3) is 0.615. The van der Waals surface area contributed by atoms with Crippen LogP contribution in [0.3, 0.4) is 0 Å². The van der Waals surface area contributed by atoms with E-state index in [4.69, 9.17) is 0 Å². The summed E-state index contributed by atoms with van der Waals surface area (Å²) in [6, 6.07) is 2.84. The van der Waals surface area contributed by atoms with Gasteiger partial charge in [-0.15, -0.1) is 0 Å². The van der Waals surface area contributed by atoms with Crippen LogP contribution in [-0.4, -0.2) is 11.0 Å². The first-order chi connectivity index (χ1) is 7.29. The van der Waals surface area contributed by atoms with E-state index in [1.807, 2.05) is 12.4 Å². The van der Waals surface area contributed by atoms with Gasteiger partial charge >= 0.3 is 0 Å². The summed E-state index contributed by atoms with van der Waals surface area (Å²) in [5.41, 5.74) is 2.41. The van der Waals surface area contributed by atoms with Gasteiger partial charge in [-0.1, -0.05) is 13.3 Å². The van der Waals surface area contributed by atoms with E-state index in [1.165, 1.54) is 36.9 Å². The van der Waals surface area contributed by atoms with Gasteiger partial charge in [0, 0.05) is 18.4 Å². The molecule has 0 spiro atoms. The monoisotopic (exact) mass is 204 g/mol. The minimum atomic E-state index is 0.665. The number of aromatic nitrogens is 1. The van der Waals surface area contributed by atoms with Crippen LogP contribution in [0.4, 0.5) is 5.69 Å². The Morgan fingerprint density at radius 2 is 2.27 bits per heavy atom. The van der Waals surface area contributed by atoms with Crippen molar-refractivity contribution in [2.75, 3.05) is 5.32 Å². The summed E-state index contributed by atoms with van der Waals surface area (Å²) in [6.45, 7) is 4.34. The van der Waals surface area contributed by atoms with Crippen molar-refractivity contribution in [1.82, 2.24) is 4.98 Å². The maximum Gasteiger partial charge on any atom is 0.0531 e. The quantitative estimate of drug-likeness (QED) is 0.795. The molecule has 1 heterocycles. The Hall–Kier alpha value is -1.05. The van der Waals surface area contributed by atoms with Crippen molar-refractivity contribution in [3.63, 3.8) is 0 Å². The van der Waals surface area contributed by atoms with Gasteiger partial charge in [0.05, 0.1) is 5.69 Å². The third kappa shape index (κ3) is 2.95. The Morgan fingerprint density at radius 1 is 1.47 bits per heavy atom. The average molecular weight is 204 g/mol. The highest BCUT2D eigenvalue weighted by Gasteiger charge is 2.30. The van der Waals surface area contributed by atoms with Gasteiger partial charge in [-0.2, -0.15) is 0 Å². The van der Waals surface area contributed by atoms with Crippen LogP contribution in [-0.2, 0) is 0 Å². The third-order valence-electron chi connectivity index (χ3n) is 3.02. The molecule has 0 aromatic carbocycles. The molecule has 1 unspecified atom stereocenters. The smallest absolute Gasteiger partial charge is 0.0531 e. The van der Waals surface area contributed by atoms with Gasteiger partial charge in [-0.3, -0.25) is 4.98 Å². The standard InChI is InChI=1S/C13H20N2/c1-3-4-13(11-5-6-11)15-12-7-10(2)8-14-9-12/h7-9,11,13,15H,3-6H2,1-2H3. The molecule has 0 radical (unpaired) electrons. The molecule has 1 saturated carbocycles. The Balaban J connectivity index is 1.98. The maximum absolute atomic E-state index is 4.21. The van der Waals surface area contributed by atoms with E-state index < -0.39 is 0 Å². The van der Waals surface area contributed by atoms with Gasteiger partial charge in [-0.05, 0) is 43.7 Å². The summed E-state index contributed by atoms with van der Waals surface area (Å²) >= 11 is 0. The molecule has 1 aliphatic carbocycles. The van der Waals surface area contributed by atoms with Crippen molar-refractivity contribution >= 4 is 5.69 Å². The fourth-order valence-corrected chi connectivity index (χ4v) is 2.08.